The Kier molecular flexibility index (Phi) is 6.14. The maximum absolute atomic E-state index is 3.66. The molecule has 2 heteroatoms. The van der Waals surface area contributed by atoms with E-state index in [9.17, 15) is 0 Å². The van der Waals surface area contributed by atoms with Gasteiger partial charge in [-0.3, -0.25) is 0 Å². The van der Waals surface area contributed by atoms with E-state index >= 15 is 0 Å². The molecule has 0 aliphatic heterocycles. The molecule has 1 fully saturated rings. The molecule has 0 spiro atoms. The van der Waals surface area contributed by atoms with Crippen LogP contribution in [0.15, 0.2) is 12.7 Å². The predicted octanol–water partition coefficient (Wildman–Crippen LogP) is 3.02. The van der Waals surface area contributed by atoms with Crippen molar-refractivity contribution >= 4 is 13.6 Å². The molecule has 0 saturated heterocycles. The first-order valence-corrected chi connectivity index (χ1v) is 9.99. The molecule has 48 valence electrons. The summed E-state index contributed by atoms with van der Waals surface area (Å²) in [6.45, 7) is 5.88. The summed E-state index contributed by atoms with van der Waals surface area (Å²) in [6.07, 6.45) is 4.55. The van der Waals surface area contributed by atoms with Crippen molar-refractivity contribution in [3.05, 3.63) is 18.6 Å². The Bertz CT molecular complexity index is 83.0. The molecule has 0 unspecified atom stereocenters. The average molecular weight is 240 g/mol. The maximum atomic E-state index is 3.66. The van der Waals surface area contributed by atoms with Crippen LogP contribution in [0.25, 0.3) is 0 Å². The molecule has 0 nitrogen and oxygen atoms in total. The van der Waals surface area contributed by atoms with Gasteiger partial charge in [0.15, 0.2) is 0 Å². The Hall–Kier alpha value is 0.843. The molecule has 1 saturated carbocycles. The van der Waals surface area contributed by atoms with Gasteiger partial charge in [0, 0.05) is 0 Å². The van der Waals surface area contributed by atoms with Gasteiger partial charge in [-0.15, -0.1) is 6.58 Å². The number of halogens is 1. The van der Waals surface area contributed by atoms with Crippen LogP contribution in [0.4, 0.5) is 0 Å². The van der Waals surface area contributed by atoms with E-state index in [0.29, 0.717) is 0 Å². The molecule has 0 N–H and O–H groups in total. The van der Waals surface area contributed by atoms with Gasteiger partial charge >= 0.3 is 30.0 Å². The SMILES string of the molecule is C=CC[C@H]1C[C-]1C.[Zn+][Br]. The first-order valence-electron chi connectivity index (χ1n) is 3.04. The fourth-order valence-corrected chi connectivity index (χ4v) is 0.815. The van der Waals surface area contributed by atoms with Crippen LogP contribution in [0.2, 0.25) is 0 Å². The second kappa shape index (κ2) is 5.61. The normalized spacial score (nSPS) is 24.2. The predicted molar refractivity (Wildman–Crippen MR) is 40.8 cm³/mol. The van der Waals surface area contributed by atoms with Gasteiger partial charge in [0.05, 0.1) is 0 Å². The van der Waals surface area contributed by atoms with E-state index in [4.69, 9.17) is 0 Å². The molecule has 1 aliphatic rings. The Balaban J connectivity index is 0.000000291. The minimum absolute atomic E-state index is 0.914. The van der Waals surface area contributed by atoms with Gasteiger partial charge in [-0.2, -0.15) is 12.8 Å². The molecule has 1 atom stereocenters. The van der Waals surface area contributed by atoms with Crippen LogP contribution < -0.4 is 0 Å². The third kappa shape index (κ3) is 4.27. The Morgan fingerprint density at radius 2 is 2.33 bits per heavy atom. The van der Waals surface area contributed by atoms with Crippen LogP contribution in [0.3, 0.4) is 0 Å². The van der Waals surface area contributed by atoms with Gasteiger partial charge in [-0.05, 0) is 0 Å². The topological polar surface area (TPSA) is 0 Å². The van der Waals surface area contributed by atoms with Crippen LogP contribution in [-0.2, 0) is 16.3 Å². The Morgan fingerprint density at radius 1 is 1.89 bits per heavy atom. The molecule has 9 heavy (non-hydrogen) atoms. The van der Waals surface area contributed by atoms with E-state index < -0.39 is 0 Å². The van der Waals surface area contributed by atoms with E-state index in [0.717, 1.165) is 5.92 Å². The van der Waals surface area contributed by atoms with E-state index in [1.54, 1.807) is 5.92 Å². The number of hydrogen-bond acceptors (Lipinski definition) is 0. The zero-order chi connectivity index (χ0) is 7.28. The summed E-state index contributed by atoms with van der Waals surface area (Å²) in [5.41, 5.74) is 0. The van der Waals surface area contributed by atoms with E-state index in [-0.39, 0.29) is 0 Å². The molecule has 0 aromatic rings. The van der Waals surface area contributed by atoms with Crippen molar-refractivity contribution < 1.29 is 16.3 Å². The van der Waals surface area contributed by atoms with Crippen molar-refractivity contribution in [3.8, 4) is 0 Å². The molecular formula is C7H11BrZn. The second-order valence-electron chi connectivity index (χ2n) is 2.27. The first kappa shape index (κ1) is 9.84. The third-order valence-corrected chi connectivity index (χ3v) is 1.56. The second-order valence-corrected chi connectivity index (χ2v) is 2.27. The van der Waals surface area contributed by atoms with Crippen molar-refractivity contribution in [2.45, 2.75) is 19.8 Å². The first-order chi connectivity index (χ1) is 4.34. The summed E-state index contributed by atoms with van der Waals surface area (Å²) in [5, 5.41) is 0. The summed E-state index contributed by atoms with van der Waals surface area (Å²) < 4.78 is 0. The third-order valence-electron chi connectivity index (χ3n) is 1.56. The van der Waals surface area contributed by atoms with Crippen molar-refractivity contribution in [2.75, 3.05) is 0 Å². The molecule has 0 heterocycles. The van der Waals surface area contributed by atoms with Gasteiger partial charge in [0.25, 0.3) is 0 Å². The summed E-state index contributed by atoms with van der Waals surface area (Å²) in [4.78, 5) is 0. The van der Waals surface area contributed by atoms with Crippen molar-refractivity contribution in [1.82, 2.24) is 0 Å². The van der Waals surface area contributed by atoms with E-state index in [1.165, 1.54) is 29.2 Å². The minimum atomic E-state index is 0.914. The van der Waals surface area contributed by atoms with E-state index in [2.05, 4.69) is 27.1 Å². The van der Waals surface area contributed by atoms with Crippen LogP contribution in [0.1, 0.15) is 19.8 Å². The molecule has 1 aliphatic carbocycles. The fourth-order valence-electron chi connectivity index (χ4n) is 0.815. The fraction of sp³-hybridized carbons (Fsp3) is 0.571. The van der Waals surface area contributed by atoms with Crippen LogP contribution in [0, 0.1) is 11.8 Å². The number of rotatable bonds is 2. The van der Waals surface area contributed by atoms with Gasteiger partial charge in [-0.25, -0.2) is 6.42 Å². The molecular weight excluding hydrogens is 229 g/mol. The van der Waals surface area contributed by atoms with Crippen molar-refractivity contribution in [1.29, 1.82) is 0 Å². The average Bonchev–Trinajstić information content (AvgIpc) is 2.54. The number of allylic oxidation sites excluding steroid dienone is 1. The monoisotopic (exact) mass is 238 g/mol. The summed E-state index contributed by atoms with van der Waals surface area (Å²) in [6, 6.07) is 0. The quantitative estimate of drug-likeness (QED) is 0.395. The van der Waals surface area contributed by atoms with Gasteiger partial charge < -0.3 is 5.92 Å². The van der Waals surface area contributed by atoms with E-state index in [1.807, 2.05) is 6.08 Å². The molecule has 0 aromatic heterocycles. The Morgan fingerprint density at radius 3 is 2.44 bits per heavy atom. The van der Waals surface area contributed by atoms with Crippen molar-refractivity contribution in [2.24, 2.45) is 5.92 Å². The van der Waals surface area contributed by atoms with Gasteiger partial charge in [-0.1, -0.05) is 12.5 Å². The molecule has 0 radical (unpaired) electrons. The summed E-state index contributed by atoms with van der Waals surface area (Å²) in [5.74, 6) is 2.57. The van der Waals surface area contributed by atoms with Crippen molar-refractivity contribution in [3.63, 3.8) is 0 Å². The van der Waals surface area contributed by atoms with Gasteiger partial charge in [0.1, 0.15) is 0 Å². The molecule has 0 bridgehead atoms. The summed E-state index contributed by atoms with van der Waals surface area (Å²) in [7, 11) is 0. The molecule has 0 amide bonds. The summed E-state index contributed by atoms with van der Waals surface area (Å²) >= 11 is 4.25. The molecule has 1 rings (SSSR count). The zero-order valence-electron chi connectivity index (χ0n) is 5.86. The van der Waals surface area contributed by atoms with Crippen LogP contribution in [0.5, 0.6) is 0 Å². The Labute approximate surface area is 74.1 Å². The van der Waals surface area contributed by atoms with Crippen LogP contribution >= 0.6 is 13.6 Å². The number of hydrogen-bond donors (Lipinski definition) is 0. The standard InChI is InChI=1S/C7H11.BrH.Zn/c1-3-4-7-5-6(7)2;;/h3,7H,1,4-5H2,2H3;1H;/q-1;;+2/p-1/t7-;;/m0../s1. The molecule has 0 aromatic carbocycles. The van der Waals surface area contributed by atoms with Gasteiger partial charge in [0.2, 0.25) is 0 Å². The van der Waals surface area contributed by atoms with Crippen LogP contribution in [-0.4, -0.2) is 0 Å². The zero-order valence-corrected chi connectivity index (χ0v) is 10.4.